The van der Waals surface area contributed by atoms with Gasteiger partial charge in [0.15, 0.2) is 0 Å². The Morgan fingerprint density at radius 2 is 2.30 bits per heavy atom. The molecule has 0 saturated carbocycles. The van der Waals surface area contributed by atoms with Gasteiger partial charge in [0.25, 0.3) is 0 Å². The summed E-state index contributed by atoms with van der Waals surface area (Å²) < 4.78 is 0. The zero-order valence-corrected chi connectivity index (χ0v) is 12.8. The maximum atomic E-state index is 12.7. The SMILES string of the molecule is CCCC1(C(=O)N[C@@H](C)c2cccc(C)c2)CCCN1. The number of carbonyl (C=O) groups excluding carboxylic acids is 1. The van der Waals surface area contributed by atoms with Crippen LogP contribution in [0, 0.1) is 6.92 Å². The van der Waals surface area contributed by atoms with Crippen LogP contribution in [0.4, 0.5) is 0 Å². The quantitative estimate of drug-likeness (QED) is 0.866. The highest BCUT2D eigenvalue weighted by molar-refractivity contribution is 5.87. The van der Waals surface area contributed by atoms with Gasteiger partial charge >= 0.3 is 0 Å². The Kier molecular flexibility index (Phi) is 4.81. The fourth-order valence-corrected chi connectivity index (χ4v) is 3.11. The summed E-state index contributed by atoms with van der Waals surface area (Å²) >= 11 is 0. The summed E-state index contributed by atoms with van der Waals surface area (Å²) in [4.78, 5) is 12.7. The molecule has 1 heterocycles. The normalized spacial score (nSPS) is 23.6. The fourth-order valence-electron chi connectivity index (χ4n) is 3.11. The van der Waals surface area contributed by atoms with Crippen molar-refractivity contribution >= 4 is 5.91 Å². The minimum Gasteiger partial charge on any atom is -0.348 e. The first-order valence-electron chi connectivity index (χ1n) is 7.70. The van der Waals surface area contributed by atoms with E-state index in [1.165, 1.54) is 11.1 Å². The van der Waals surface area contributed by atoms with Gasteiger partial charge in [0.2, 0.25) is 5.91 Å². The Bertz CT molecular complexity index is 464. The summed E-state index contributed by atoms with van der Waals surface area (Å²) in [5.41, 5.74) is 2.06. The summed E-state index contributed by atoms with van der Waals surface area (Å²) in [7, 11) is 0. The predicted molar refractivity (Wildman–Crippen MR) is 82.6 cm³/mol. The molecule has 20 heavy (non-hydrogen) atoms. The van der Waals surface area contributed by atoms with Crippen molar-refractivity contribution in [1.29, 1.82) is 0 Å². The van der Waals surface area contributed by atoms with Gasteiger partial charge in [0, 0.05) is 0 Å². The fraction of sp³-hybridized carbons (Fsp3) is 0.588. The van der Waals surface area contributed by atoms with Gasteiger partial charge in [-0.2, -0.15) is 0 Å². The highest BCUT2D eigenvalue weighted by atomic mass is 16.2. The van der Waals surface area contributed by atoms with Crippen LogP contribution in [0.1, 0.15) is 56.7 Å². The highest BCUT2D eigenvalue weighted by Crippen LogP contribution is 2.26. The molecule has 1 aliphatic heterocycles. The number of aryl methyl sites for hydroxylation is 1. The van der Waals surface area contributed by atoms with Crippen molar-refractivity contribution in [1.82, 2.24) is 10.6 Å². The second-order valence-electron chi connectivity index (χ2n) is 5.97. The van der Waals surface area contributed by atoms with Crippen molar-refractivity contribution in [2.45, 2.75) is 58.0 Å². The maximum Gasteiger partial charge on any atom is 0.240 e. The van der Waals surface area contributed by atoms with Crippen molar-refractivity contribution in [2.75, 3.05) is 6.54 Å². The Morgan fingerprint density at radius 1 is 1.50 bits per heavy atom. The van der Waals surface area contributed by atoms with Crippen LogP contribution < -0.4 is 10.6 Å². The van der Waals surface area contributed by atoms with Crippen LogP contribution in [0.25, 0.3) is 0 Å². The molecule has 1 amide bonds. The monoisotopic (exact) mass is 274 g/mol. The number of benzene rings is 1. The second kappa shape index (κ2) is 6.40. The van der Waals surface area contributed by atoms with Crippen molar-refractivity contribution in [3.05, 3.63) is 35.4 Å². The molecule has 1 aliphatic rings. The van der Waals surface area contributed by atoms with Crippen molar-refractivity contribution < 1.29 is 4.79 Å². The van der Waals surface area contributed by atoms with Crippen molar-refractivity contribution in [3.63, 3.8) is 0 Å². The third-order valence-electron chi connectivity index (χ3n) is 4.24. The van der Waals surface area contributed by atoms with Crippen LogP contribution in [0.15, 0.2) is 24.3 Å². The summed E-state index contributed by atoms with van der Waals surface area (Å²) in [5, 5.41) is 6.62. The Labute approximate surface area is 122 Å². The molecule has 1 aromatic carbocycles. The number of amides is 1. The number of hydrogen-bond donors (Lipinski definition) is 2. The van der Waals surface area contributed by atoms with Gasteiger partial charge < -0.3 is 10.6 Å². The number of hydrogen-bond acceptors (Lipinski definition) is 2. The van der Waals surface area contributed by atoms with Gasteiger partial charge in [-0.05, 0) is 45.2 Å². The molecular weight excluding hydrogens is 248 g/mol. The van der Waals surface area contributed by atoms with E-state index in [9.17, 15) is 4.79 Å². The van der Waals surface area contributed by atoms with E-state index < -0.39 is 0 Å². The molecule has 0 bridgehead atoms. The molecule has 1 fully saturated rings. The first-order valence-corrected chi connectivity index (χ1v) is 7.70. The second-order valence-corrected chi connectivity index (χ2v) is 5.97. The lowest BCUT2D eigenvalue weighted by molar-refractivity contribution is -0.128. The van der Waals surface area contributed by atoms with Gasteiger partial charge in [-0.15, -0.1) is 0 Å². The Balaban J connectivity index is 2.06. The molecule has 0 aromatic heterocycles. The summed E-state index contributed by atoms with van der Waals surface area (Å²) in [6.45, 7) is 7.22. The third kappa shape index (κ3) is 3.21. The molecule has 1 unspecified atom stereocenters. The van der Waals surface area contributed by atoms with Crippen LogP contribution in [0.3, 0.4) is 0 Å². The molecule has 0 radical (unpaired) electrons. The van der Waals surface area contributed by atoms with E-state index in [4.69, 9.17) is 0 Å². The smallest absolute Gasteiger partial charge is 0.240 e. The molecule has 3 heteroatoms. The lowest BCUT2D eigenvalue weighted by Gasteiger charge is -2.29. The zero-order valence-electron chi connectivity index (χ0n) is 12.8. The molecule has 1 saturated heterocycles. The maximum absolute atomic E-state index is 12.7. The summed E-state index contributed by atoms with van der Waals surface area (Å²) in [6, 6.07) is 8.39. The van der Waals surface area contributed by atoms with E-state index in [2.05, 4.69) is 49.6 Å². The molecule has 2 N–H and O–H groups in total. The first kappa shape index (κ1) is 15.0. The van der Waals surface area contributed by atoms with Crippen molar-refractivity contribution in [3.8, 4) is 0 Å². The molecule has 2 atom stereocenters. The molecule has 2 rings (SSSR count). The van der Waals surface area contributed by atoms with Crippen LogP contribution in [0.5, 0.6) is 0 Å². The number of carbonyl (C=O) groups is 1. The first-order chi connectivity index (χ1) is 9.57. The van der Waals surface area contributed by atoms with Gasteiger partial charge in [0.1, 0.15) is 0 Å². The van der Waals surface area contributed by atoms with Crippen molar-refractivity contribution in [2.24, 2.45) is 0 Å². The van der Waals surface area contributed by atoms with Gasteiger partial charge in [-0.1, -0.05) is 43.2 Å². The Hall–Kier alpha value is -1.35. The topological polar surface area (TPSA) is 41.1 Å². The van der Waals surface area contributed by atoms with Gasteiger partial charge in [-0.25, -0.2) is 0 Å². The minimum atomic E-state index is -0.340. The van der Waals surface area contributed by atoms with Crippen LogP contribution in [0.2, 0.25) is 0 Å². The molecule has 1 aromatic rings. The standard InChI is InChI=1S/C17H26N2O/c1-4-9-17(10-6-11-18-17)16(20)19-14(3)15-8-5-7-13(2)12-15/h5,7-8,12,14,18H,4,6,9-11H2,1-3H3,(H,19,20)/t14-,17?/m0/s1. The predicted octanol–water partition coefficient (Wildman–Crippen LogP) is 3.09. The third-order valence-corrected chi connectivity index (χ3v) is 4.24. The Morgan fingerprint density at radius 3 is 2.90 bits per heavy atom. The van der Waals surface area contributed by atoms with Gasteiger partial charge in [-0.3, -0.25) is 4.79 Å². The van der Waals surface area contributed by atoms with E-state index in [1.807, 2.05) is 6.07 Å². The zero-order chi connectivity index (χ0) is 14.6. The number of nitrogens with one attached hydrogen (secondary N) is 2. The lowest BCUT2D eigenvalue weighted by atomic mass is 9.90. The van der Waals surface area contributed by atoms with E-state index >= 15 is 0 Å². The van der Waals surface area contributed by atoms with Gasteiger partial charge in [0.05, 0.1) is 11.6 Å². The lowest BCUT2D eigenvalue weighted by Crippen LogP contribution is -2.53. The largest absolute Gasteiger partial charge is 0.348 e. The summed E-state index contributed by atoms with van der Waals surface area (Å²) in [6.07, 6.45) is 3.98. The molecule has 0 aliphatic carbocycles. The number of rotatable bonds is 5. The van der Waals surface area contributed by atoms with E-state index in [0.29, 0.717) is 0 Å². The highest BCUT2D eigenvalue weighted by Gasteiger charge is 2.40. The van der Waals surface area contributed by atoms with Crippen LogP contribution in [-0.2, 0) is 4.79 Å². The van der Waals surface area contributed by atoms with Crippen LogP contribution >= 0.6 is 0 Å². The van der Waals surface area contributed by atoms with E-state index in [-0.39, 0.29) is 17.5 Å². The minimum absolute atomic E-state index is 0.0542. The molecule has 110 valence electrons. The van der Waals surface area contributed by atoms with E-state index in [1.54, 1.807) is 0 Å². The molecule has 3 nitrogen and oxygen atoms in total. The average molecular weight is 274 g/mol. The van der Waals surface area contributed by atoms with Crippen LogP contribution in [-0.4, -0.2) is 18.0 Å². The molecule has 0 spiro atoms. The average Bonchev–Trinajstić information content (AvgIpc) is 2.89. The van der Waals surface area contributed by atoms with E-state index in [0.717, 1.165) is 32.2 Å². The molecular formula is C17H26N2O. The summed E-state index contributed by atoms with van der Waals surface area (Å²) in [5.74, 6) is 0.158.